The first-order valence-corrected chi connectivity index (χ1v) is 15.5. The van der Waals surface area contributed by atoms with E-state index >= 15 is 0 Å². The Morgan fingerprint density at radius 2 is 1.03 bits per heavy atom. The van der Waals surface area contributed by atoms with Crippen molar-refractivity contribution >= 4 is 11.8 Å². The molecule has 0 saturated heterocycles. The van der Waals surface area contributed by atoms with Gasteiger partial charge in [-0.3, -0.25) is 9.59 Å². The standard InChI is InChI=1S/C31H48N2O2/c1-17(26-12-19-3-5-24(26)10-19)32-29(34)28(31-14-21-7-22(15-31)9-23(8-21)16-31)30(35)33-18(2)27-13-20-4-6-25(27)11-20/h17-28H,3-16H2,1-2H3,(H,32,34)(H,33,35)/t17-,18+,19-,20-,21?,22?,23?,24-,25-,26-,27+,28?,31?/m0/s1. The van der Waals surface area contributed by atoms with E-state index in [1.807, 2.05) is 0 Å². The molecule has 0 aliphatic heterocycles. The number of nitrogens with one attached hydrogen (secondary N) is 2. The van der Waals surface area contributed by atoms with Crippen molar-refractivity contribution in [3.05, 3.63) is 0 Å². The second-order valence-electron chi connectivity index (χ2n) is 15.0. The lowest BCUT2D eigenvalue weighted by atomic mass is 9.46. The van der Waals surface area contributed by atoms with Crippen molar-refractivity contribution in [1.29, 1.82) is 0 Å². The van der Waals surface area contributed by atoms with Crippen LogP contribution in [0.1, 0.15) is 104 Å². The molecule has 194 valence electrons. The van der Waals surface area contributed by atoms with Crippen molar-refractivity contribution in [2.45, 2.75) is 116 Å². The van der Waals surface area contributed by atoms with Gasteiger partial charge in [0.25, 0.3) is 0 Å². The fourth-order valence-corrected chi connectivity index (χ4v) is 11.8. The third-order valence-electron chi connectivity index (χ3n) is 12.8. The predicted molar refractivity (Wildman–Crippen MR) is 137 cm³/mol. The summed E-state index contributed by atoms with van der Waals surface area (Å²) in [4.78, 5) is 28.3. The largest absolute Gasteiger partial charge is 0.353 e. The van der Waals surface area contributed by atoms with Gasteiger partial charge in [-0.25, -0.2) is 0 Å². The van der Waals surface area contributed by atoms with Crippen molar-refractivity contribution in [2.24, 2.45) is 64.6 Å². The maximum absolute atomic E-state index is 14.1. The molecular formula is C31H48N2O2. The van der Waals surface area contributed by atoms with E-state index in [9.17, 15) is 9.59 Å². The molecular weight excluding hydrogens is 432 g/mol. The highest BCUT2D eigenvalue weighted by atomic mass is 16.2. The maximum Gasteiger partial charge on any atom is 0.233 e. The van der Waals surface area contributed by atoms with Gasteiger partial charge in [-0.15, -0.1) is 0 Å². The Bertz CT molecular complexity index is 785. The van der Waals surface area contributed by atoms with E-state index in [2.05, 4.69) is 24.5 Å². The molecule has 1 unspecified atom stereocenters. The molecule has 0 aromatic carbocycles. The Morgan fingerprint density at radius 1 is 0.600 bits per heavy atom. The van der Waals surface area contributed by atoms with E-state index in [-0.39, 0.29) is 29.3 Å². The molecule has 0 aromatic rings. The lowest BCUT2D eigenvalue weighted by Crippen LogP contribution is -2.59. The highest BCUT2D eigenvalue weighted by Gasteiger charge is 2.58. The average molecular weight is 481 g/mol. The van der Waals surface area contributed by atoms with E-state index in [1.165, 1.54) is 70.6 Å². The molecule has 4 nitrogen and oxygen atoms in total. The van der Waals surface area contributed by atoms with Crippen molar-refractivity contribution in [2.75, 3.05) is 0 Å². The van der Waals surface area contributed by atoms with E-state index in [1.54, 1.807) is 0 Å². The molecule has 35 heavy (non-hydrogen) atoms. The summed E-state index contributed by atoms with van der Waals surface area (Å²) >= 11 is 0. The third kappa shape index (κ3) is 3.90. The van der Waals surface area contributed by atoms with Gasteiger partial charge in [0.15, 0.2) is 0 Å². The fourth-order valence-electron chi connectivity index (χ4n) is 11.8. The van der Waals surface area contributed by atoms with Crippen LogP contribution < -0.4 is 10.6 Å². The average Bonchev–Trinajstić information content (AvgIpc) is 3.59. The van der Waals surface area contributed by atoms with Gasteiger partial charge in [-0.05, 0) is 150 Å². The molecule has 0 spiro atoms. The Morgan fingerprint density at radius 3 is 1.37 bits per heavy atom. The van der Waals surface area contributed by atoms with Crippen LogP contribution in [0.2, 0.25) is 0 Å². The summed E-state index contributed by atoms with van der Waals surface area (Å²) in [6, 6.07) is 0.398. The zero-order valence-electron chi connectivity index (χ0n) is 22.1. The molecule has 0 heterocycles. The van der Waals surface area contributed by atoms with Gasteiger partial charge in [0, 0.05) is 12.1 Å². The molecule has 8 fully saturated rings. The number of amides is 2. The smallest absolute Gasteiger partial charge is 0.233 e. The minimum absolute atomic E-state index is 0.0693. The minimum atomic E-state index is -0.488. The molecule has 2 amide bonds. The zero-order valence-corrected chi connectivity index (χ0v) is 22.1. The van der Waals surface area contributed by atoms with E-state index in [4.69, 9.17) is 0 Å². The number of hydrogen-bond acceptors (Lipinski definition) is 2. The summed E-state index contributed by atoms with van der Waals surface area (Å²) in [5.74, 6) is 6.47. The number of carbonyl (C=O) groups is 2. The van der Waals surface area contributed by atoms with E-state index in [0.29, 0.717) is 11.8 Å². The number of carbonyl (C=O) groups excluding carboxylic acids is 2. The Kier molecular flexibility index (Phi) is 5.60. The molecule has 9 atom stereocenters. The maximum atomic E-state index is 14.1. The number of fused-ring (bicyclic) bond motifs is 4. The van der Waals surface area contributed by atoms with Crippen LogP contribution in [0.25, 0.3) is 0 Å². The first kappa shape index (κ1) is 23.1. The number of rotatable bonds is 7. The quantitative estimate of drug-likeness (QED) is 0.459. The Balaban J connectivity index is 1.11. The number of hydrogen-bond donors (Lipinski definition) is 2. The van der Waals surface area contributed by atoms with Crippen LogP contribution in [0.4, 0.5) is 0 Å². The molecule has 2 N–H and O–H groups in total. The SMILES string of the molecule is C[C@H](NC(=O)C(C(=O)N[C@H](C)[C@H]1C[C@H]2CC[C@H]1C2)C12CC3CC(CC(C3)C1)C2)[C@@H]1C[C@H]2CC[C@H]1C2. The van der Waals surface area contributed by atoms with Gasteiger partial charge in [0.1, 0.15) is 5.92 Å². The van der Waals surface area contributed by atoms with Gasteiger partial charge in [-0.2, -0.15) is 0 Å². The monoisotopic (exact) mass is 480 g/mol. The second-order valence-corrected chi connectivity index (χ2v) is 15.0. The Labute approximate surface area is 212 Å². The summed E-state index contributed by atoms with van der Waals surface area (Å²) in [6.07, 6.45) is 18.1. The highest BCUT2D eigenvalue weighted by molar-refractivity contribution is 6.01. The first-order chi connectivity index (χ1) is 16.9. The lowest BCUT2D eigenvalue weighted by Gasteiger charge is -2.58. The summed E-state index contributed by atoms with van der Waals surface area (Å²) < 4.78 is 0. The summed E-state index contributed by atoms with van der Waals surface area (Å²) in [6.45, 7) is 4.46. The summed E-state index contributed by atoms with van der Waals surface area (Å²) in [5.41, 5.74) is -0.0915. The minimum Gasteiger partial charge on any atom is -0.353 e. The van der Waals surface area contributed by atoms with Gasteiger partial charge < -0.3 is 10.6 Å². The van der Waals surface area contributed by atoms with E-state index in [0.717, 1.165) is 60.7 Å². The fraction of sp³-hybridized carbons (Fsp3) is 0.935. The van der Waals surface area contributed by atoms with E-state index < -0.39 is 5.92 Å². The molecule has 8 aliphatic carbocycles. The van der Waals surface area contributed by atoms with Gasteiger partial charge in [0.2, 0.25) is 11.8 Å². The molecule has 4 heteroatoms. The lowest BCUT2D eigenvalue weighted by molar-refractivity contribution is -0.154. The summed E-state index contributed by atoms with van der Waals surface area (Å²) in [5, 5.41) is 6.97. The molecule has 0 aromatic heterocycles. The van der Waals surface area contributed by atoms with Crippen LogP contribution in [0, 0.1) is 64.6 Å². The highest BCUT2D eigenvalue weighted by Crippen LogP contribution is 2.63. The van der Waals surface area contributed by atoms with Crippen LogP contribution in [-0.2, 0) is 9.59 Å². The third-order valence-corrected chi connectivity index (χ3v) is 12.8. The molecule has 8 saturated carbocycles. The second kappa shape index (κ2) is 8.48. The predicted octanol–water partition coefficient (Wildman–Crippen LogP) is 5.70. The summed E-state index contributed by atoms with van der Waals surface area (Å²) in [7, 11) is 0. The molecule has 8 bridgehead atoms. The van der Waals surface area contributed by atoms with Crippen molar-refractivity contribution in [3.8, 4) is 0 Å². The molecule has 8 aliphatic rings. The van der Waals surface area contributed by atoms with Crippen LogP contribution in [0.15, 0.2) is 0 Å². The van der Waals surface area contributed by atoms with Crippen molar-refractivity contribution in [1.82, 2.24) is 10.6 Å². The zero-order chi connectivity index (χ0) is 23.9. The van der Waals surface area contributed by atoms with Gasteiger partial charge in [0.05, 0.1) is 0 Å². The van der Waals surface area contributed by atoms with Crippen molar-refractivity contribution < 1.29 is 9.59 Å². The van der Waals surface area contributed by atoms with Gasteiger partial charge in [-0.1, -0.05) is 12.8 Å². The molecule has 0 radical (unpaired) electrons. The van der Waals surface area contributed by atoms with Crippen LogP contribution in [0.3, 0.4) is 0 Å². The first-order valence-electron chi connectivity index (χ1n) is 15.5. The van der Waals surface area contributed by atoms with Gasteiger partial charge >= 0.3 is 0 Å². The van der Waals surface area contributed by atoms with Crippen LogP contribution >= 0.6 is 0 Å². The van der Waals surface area contributed by atoms with Crippen LogP contribution in [-0.4, -0.2) is 23.9 Å². The normalized spacial score (nSPS) is 49.3. The van der Waals surface area contributed by atoms with Crippen molar-refractivity contribution in [3.63, 3.8) is 0 Å². The molecule has 8 rings (SSSR count). The van der Waals surface area contributed by atoms with Crippen LogP contribution in [0.5, 0.6) is 0 Å². The topological polar surface area (TPSA) is 58.2 Å². The Hall–Kier alpha value is -1.06.